The minimum absolute atomic E-state index is 0.316. The Bertz CT molecular complexity index is 475. The highest BCUT2D eigenvalue weighted by Crippen LogP contribution is 2.37. The van der Waals surface area contributed by atoms with Gasteiger partial charge in [0.1, 0.15) is 11.8 Å². The van der Waals surface area contributed by atoms with Crippen molar-refractivity contribution in [3.8, 4) is 17.2 Å². The molecular weight excluding hydrogens is 274 g/mol. The molecule has 1 N–H and O–H groups in total. The molecule has 1 unspecified atom stereocenters. The Kier molecular flexibility index (Phi) is 6.81. The van der Waals surface area contributed by atoms with Gasteiger partial charge in [-0.2, -0.15) is 0 Å². The average molecular weight is 297 g/mol. The molecule has 0 heterocycles. The second-order valence-electron chi connectivity index (χ2n) is 4.19. The summed E-state index contributed by atoms with van der Waals surface area (Å²) in [5.41, 5.74) is 0.649. The number of carbonyl (C=O) groups excluding carboxylic acids is 1. The molecule has 6 heteroatoms. The van der Waals surface area contributed by atoms with Gasteiger partial charge in [0, 0.05) is 11.6 Å². The minimum atomic E-state index is -0.621. The quantitative estimate of drug-likeness (QED) is 0.740. The van der Waals surface area contributed by atoms with Gasteiger partial charge in [-0.1, -0.05) is 6.92 Å². The molecule has 21 heavy (non-hydrogen) atoms. The Morgan fingerprint density at radius 2 is 1.62 bits per heavy atom. The molecule has 0 bridgehead atoms. The van der Waals surface area contributed by atoms with Gasteiger partial charge in [-0.05, 0) is 19.5 Å². The first-order valence-electron chi connectivity index (χ1n) is 6.82. The summed E-state index contributed by atoms with van der Waals surface area (Å²) in [6, 6.07) is 2.80. The number of hydrogen-bond donors (Lipinski definition) is 1. The molecule has 1 atom stereocenters. The summed E-state index contributed by atoms with van der Waals surface area (Å²) in [7, 11) is 4.63. The van der Waals surface area contributed by atoms with E-state index in [1.807, 2.05) is 6.92 Å². The third-order valence-corrected chi connectivity index (χ3v) is 2.98. The molecule has 1 rings (SSSR count). The van der Waals surface area contributed by atoms with Crippen molar-refractivity contribution < 1.29 is 23.7 Å². The van der Waals surface area contributed by atoms with E-state index in [4.69, 9.17) is 18.9 Å². The Morgan fingerprint density at radius 1 is 1.05 bits per heavy atom. The Hall–Kier alpha value is -1.95. The van der Waals surface area contributed by atoms with Gasteiger partial charge < -0.3 is 24.3 Å². The normalized spacial score (nSPS) is 11.7. The molecule has 1 aromatic carbocycles. The fourth-order valence-electron chi connectivity index (χ4n) is 2.03. The lowest BCUT2D eigenvalue weighted by Gasteiger charge is -2.21. The molecule has 1 aromatic rings. The first-order valence-corrected chi connectivity index (χ1v) is 6.82. The average Bonchev–Trinajstić information content (AvgIpc) is 2.51. The zero-order valence-corrected chi connectivity index (χ0v) is 13.2. The van der Waals surface area contributed by atoms with Gasteiger partial charge in [-0.15, -0.1) is 0 Å². The molecule has 0 aliphatic heterocycles. The molecule has 0 aliphatic carbocycles. The monoisotopic (exact) mass is 297 g/mol. The summed E-state index contributed by atoms with van der Waals surface area (Å²) in [6.45, 7) is 4.61. The van der Waals surface area contributed by atoms with Crippen LogP contribution in [0.5, 0.6) is 17.2 Å². The predicted octanol–water partition coefficient (Wildman–Crippen LogP) is 1.93. The van der Waals surface area contributed by atoms with Crippen LogP contribution in [0.3, 0.4) is 0 Å². The summed E-state index contributed by atoms with van der Waals surface area (Å²) < 4.78 is 21.0. The molecule has 118 valence electrons. The molecule has 0 radical (unpaired) electrons. The fourth-order valence-corrected chi connectivity index (χ4v) is 2.03. The van der Waals surface area contributed by atoms with E-state index in [1.165, 1.54) is 0 Å². The number of esters is 1. The summed E-state index contributed by atoms with van der Waals surface area (Å²) in [5.74, 6) is 1.24. The summed E-state index contributed by atoms with van der Waals surface area (Å²) in [5, 5.41) is 3.10. The molecule has 0 saturated carbocycles. The van der Waals surface area contributed by atoms with Crippen LogP contribution in [-0.2, 0) is 9.53 Å². The highest BCUT2D eigenvalue weighted by Gasteiger charge is 2.26. The summed E-state index contributed by atoms with van der Waals surface area (Å²) in [4.78, 5) is 12.1. The summed E-state index contributed by atoms with van der Waals surface area (Å²) >= 11 is 0. The fraction of sp³-hybridized carbons (Fsp3) is 0.533. The lowest BCUT2D eigenvalue weighted by Crippen LogP contribution is -2.30. The van der Waals surface area contributed by atoms with Crippen LogP contribution in [0.25, 0.3) is 0 Å². The van der Waals surface area contributed by atoms with Gasteiger partial charge in [0.2, 0.25) is 0 Å². The molecule has 0 amide bonds. The number of ether oxygens (including phenoxy) is 4. The van der Waals surface area contributed by atoms with Gasteiger partial charge in [-0.25, -0.2) is 4.79 Å². The van der Waals surface area contributed by atoms with E-state index in [2.05, 4.69) is 5.32 Å². The van der Waals surface area contributed by atoms with E-state index in [0.29, 0.717) is 36.0 Å². The number of carbonyl (C=O) groups is 1. The second kappa shape index (κ2) is 8.36. The lowest BCUT2D eigenvalue weighted by atomic mass is 10.0. The van der Waals surface area contributed by atoms with Crippen LogP contribution < -0.4 is 19.5 Å². The van der Waals surface area contributed by atoms with Crippen molar-refractivity contribution >= 4 is 5.97 Å². The van der Waals surface area contributed by atoms with Crippen molar-refractivity contribution in [2.24, 2.45) is 0 Å². The smallest absolute Gasteiger partial charge is 0.327 e. The van der Waals surface area contributed by atoms with Crippen molar-refractivity contribution in [2.75, 3.05) is 34.5 Å². The van der Waals surface area contributed by atoms with Gasteiger partial charge in [0.05, 0.1) is 27.9 Å². The van der Waals surface area contributed by atoms with Crippen molar-refractivity contribution in [1.29, 1.82) is 0 Å². The lowest BCUT2D eigenvalue weighted by molar-refractivity contribution is -0.145. The predicted molar refractivity (Wildman–Crippen MR) is 79.1 cm³/mol. The van der Waals surface area contributed by atoms with Gasteiger partial charge in [0.25, 0.3) is 0 Å². The van der Waals surface area contributed by atoms with Gasteiger partial charge in [-0.3, -0.25) is 0 Å². The van der Waals surface area contributed by atoms with Crippen LogP contribution in [-0.4, -0.2) is 40.5 Å². The van der Waals surface area contributed by atoms with Crippen molar-refractivity contribution in [1.82, 2.24) is 5.32 Å². The third-order valence-electron chi connectivity index (χ3n) is 2.98. The summed E-state index contributed by atoms with van der Waals surface area (Å²) in [6.07, 6.45) is 0. The molecule has 0 saturated heterocycles. The van der Waals surface area contributed by atoms with E-state index in [9.17, 15) is 4.79 Å². The SMILES string of the molecule is CCNC(C(=O)OCC)c1cc(OC)c(OC)cc1OC. The molecule has 0 aliphatic rings. The second-order valence-corrected chi connectivity index (χ2v) is 4.19. The molecule has 0 aromatic heterocycles. The molecule has 0 fully saturated rings. The first-order chi connectivity index (χ1) is 10.1. The Morgan fingerprint density at radius 3 is 2.10 bits per heavy atom. The minimum Gasteiger partial charge on any atom is -0.496 e. The van der Waals surface area contributed by atoms with E-state index in [1.54, 1.807) is 40.4 Å². The number of nitrogens with one attached hydrogen (secondary N) is 1. The molecule has 0 spiro atoms. The van der Waals surface area contributed by atoms with Crippen LogP contribution in [0.15, 0.2) is 12.1 Å². The Balaban J connectivity index is 3.31. The van der Waals surface area contributed by atoms with Gasteiger partial charge >= 0.3 is 5.97 Å². The van der Waals surface area contributed by atoms with E-state index < -0.39 is 6.04 Å². The van der Waals surface area contributed by atoms with Crippen molar-refractivity contribution in [3.05, 3.63) is 17.7 Å². The van der Waals surface area contributed by atoms with Crippen LogP contribution >= 0.6 is 0 Å². The third kappa shape index (κ3) is 4.01. The van der Waals surface area contributed by atoms with Crippen LogP contribution in [0.2, 0.25) is 0 Å². The van der Waals surface area contributed by atoms with Crippen molar-refractivity contribution in [2.45, 2.75) is 19.9 Å². The standard InChI is InChI=1S/C15H23NO5/c1-6-16-14(15(17)21-7-2)10-8-12(19-4)13(20-5)9-11(10)18-3/h8-9,14,16H,6-7H2,1-5H3. The topological polar surface area (TPSA) is 66.0 Å². The van der Waals surface area contributed by atoms with Crippen LogP contribution in [0, 0.1) is 0 Å². The zero-order chi connectivity index (χ0) is 15.8. The van der Waals surface area contributed by atoms with E-state index in [-0.39, 0.29) is 5.97 Å². The maximum atomic E-state index is 12.1. The number of rotatable bonds is 8. The number of hydrogen-bond acceptors (Lipinski definition) is 6. The zero-order valence-electron chi connectivity index (χ0n) is 13.2. The number of likely N-dealkylation sites (N-methyl/N-ethyl adjacent to an activating group) is 1. The highest BCUT2D eigenvalue weighted by molar-refractivity contribution is 5.79. The van der Waals surface area contributed by atoms with Crippen LogP contribution in [0.4, 0.5) is 0 Å². The van der Waals surface area contributed by atoms with E-state index >= 15 is 0 Å². The Labute approximate surface area is 125 Å². The number of benzene rings is 1. The largest absolute Gasteiger partial charge is 0.496 e. The highest BCUT2D eigenvalue weighted by atomic mass is 16.5. The van der Waals surface area contributed by atoms with Gasteiger partial charge in [0.15, 0.2) is 11.5 Å². The maximum Gasteiger partial charge on any atom is 0.327 e. The number of methoxy groups -OCH3 is 3. The molecular formula is C15H23NO5. The van der Waals surface area contributed by atoms with E-state index in [0.717, 1.165) is 0 Å². The van der Waals surface area contributed by atoms with Crippen molar-refractivity contribution in [3.63, 3.8) is 0 Å². The van der Waals surface area contributed by atoms with Crippen LogP contribution in [0.1, 0.15) is 25.5 Å². The molecule has 6 nitrogen and oxygen atoms in total. The maximum absolute atomic E-state index is 12.1. The first kappa shape index (κ1) is 17.1.